The minimum absolute atomic E-state index is 0.143. The Kier molecular flexibility index (Phi) is 12.8. The van der Waals surface area contributed by atoms with Gasteiger partial charge in [-0.3, -0.25) is 24.2 Å². The van der Waals surface area contributed by atoms with Crippen LogP contribution in [0.1, 0.15) is 60.8 Å². The van der Waals surface area contributed by atoms with E-state index in [0.29, 0.717) is 32.4 Å². The van der Waals surface area contributed by atoms with Crippen LogP contribution < -0.4 is 16.1 Å². The smallest absolute Gasteiger partial charge is 0.324 e. The summed E-state index contributed by atoms with van der Waals surface area (Å²) in [5.41, 5.74) is 2.86. The molecule has 0 aromatic heterocycles. The van der Waals surface area contributed by atoms with Crippen LogP contribution in [0.4, 0.5) is 0 Å². The van der Waals surface area contributed by atoms with Crippen LogP contribution in [0.25, 0.3) is 0 Å². The van der Waals surface area contributed by atoms with Crippen LogP contribution in [0.15, 0.2) is 12.2 Å². The fraction of sp³-hybridized carbons (Fsp3) is 0.750. The molecule has 0 aromatic rings. The molecule has 1 heterocycles. The monoisotopic (exact) mass is 482 g/mol. The summed E-state index contributed by atoms with van der Waals surface area (Å²) in [4.78, 5) is 50.1. The molecule has 4 atom stereocenters. The minimum atomic E-state index is -0.837. The third kappa shape index (κ3) is 9.80. The lowest BCUT2D eigenvalue weighted by molar-refractivity contribution is -0.150. The third-order valence-electron chi connectivity index (χ3n) is 5.54. The summed E-state index contributed by atoms with van der Waals surface area (Å²) in [5.74, 6) is -1.97. The van der Waals surface area contributed by atoms with Gasteiger partial charge in [0, 0.05) is 12.5 Å². The van der Waals surface area contributed by atoms with Crippen LogP contribution in [0, 0.1) is 11.8 Å². The van der Waals surface area contributed by atoms with Crippen molar-refractivity contribution in [3.05, 3.63) is 12.2 Å². The molecule has 3 amide bonds. The van der Waals surface area contributed by atoms with E-state index in [9.17, 15) is 19.2 Å². The summed E-state index contributed by atoms with van der Waals surface area (Å²) < 4.78 is 10.2. The first kappa shape index (κ1) is 29.6. The van der Waals surface area contributed by atoms with Crippen molar-refractivity contribution in [3.8, 4) is 0 Å². The van der Waals surface area contributed by atoms with Gasteiger partial charge in [0.05, 0.1) is 19.8 Å². The van der Waals surface area contributed by atoms with E-state index in [1.165, 1.54) is 12.1 Å². The van der Waals surface area contributed by atoms with Crippen molar-refractivity contribution >= 4 is 23.7 Å². The van der Waals surface area contributed by atoms with Crippen LogP contribution in [-0.2, 0) is 28.7 Å². The number of ether oxygens (including phenoxy) is 2. The highest BCUT2D eigenvalue weighted by Crippen LogP contribution is 2.11. The van der Waals surface area contributed by atoms with Gasteiger partial charge >= 0.3 is 5.97 Å². The van der Waals surface area contributed by atoms with Crippen molar-refractivity contribution in [2.75, 3.05) is 20.3 Å². The van der Waals surface area contributed by atoms with E-state index < -0.39 is 30.0 Å². The average Bonchev–Trinajstić information content (AvgIpc) is 2.80. The summed E-state index contributed by atoms with van der Waals surface area (Å²) in [5, 5.41) is 6.85. The molecule has 10 nitrogen and oxygen atoms in total. The highest BCUT2D eigenvalue weighted by atomic mass is 16.5. The molecule has 0 saturated carbocycles. The van der Waals surface area contributed by atoms with Crippen molar-refractivity contribution < 1.29 is 28.7 Å². The predicted molar refractivity (Wildman–Crippen MR) is 128 cm³/mol. The number of carbonyl (C=O) groups excluding carboxylic acids is 4. The number of carbonyl (C=O) groups is 4. The van der Waals surface area contributed by atoms with Gasteiger partial charge in [0.15, 0.2) is 0 Å². The van der Waals surface area contributed by atoms with Gasteiger partial charge in [0.2, 0.25) is 11.8 Å². The second kappa shape index (κ2) is 14.7. The Hall–Kier alpha value is -2.46. The Bertz CT molecular complexity index is 724. The summed E-state index contributed by atoms with van der Waals surface area (Å²) in [6, 6.07) is -2.22. The topological polar surface area (TPSA) is 126 Å². The van der Waals surface area contributed by atoms with Crippen LogP contribution in [0.2, 0.25) is 0 Å². The lowest BCUT2D eigenvalue weighted by atomic mass is 10.0. The molecule has 0 spiro atoms. The average molecular weight is 483 g/mol. The molecule has 0 aliphatic carbocycles. The van der Waals surface area contributed by atoms with E-state index in [0.717, 1.165) is 0 Å². The second-order valence-electron chi connectivity index (χ2n) is 9.29. The number of rotatable bonds is 12. The SMILES string of the molecule is COC(=O)[C@@H]1CCCN(C(=O)[C@H](C)NC(=O)[C@@H](NC(=O)[C@H](C)C/C=C/COC(C)C)C(C)C)N1. The van der Waals surface area contributed by atoms with E-state index in [4.69, 9.17) is 9.47 Å². The number of methoxy groups -OCH3 is 1. The first-order valence-electron chi connectivity index (χ1n) is 12.0. The van der Waals surface area contributed by atoms with Gasteiger partial charge in [-0.2, -0.15) is 0 Å². The van der Waals surface area contributed by atoms with Crippen LogP contribution in [0.5, 0.6) is 0 Å². The van der Waals surface area contributed by atoms with Crippen molar-refractivity contribution in [1.82, 2.24) is 21.1 Å². The Morgan fingerprint density at radius 1 is 1.03 bits per heavy atom. The van der Waals surface area contributed by atoms with Crippen LogP contribution in [-0.4, -0.2) is 73.2 Å². The largest absolute Gasteiger partial charge is 0.468 e. The lowest BCUT2D eigenvalue weighted by Crippen LogP contribution is -2.61. The fourth-order valence-electron chi connectivity index (χ4n) is 3.41. The van der Waals surface area contributed by atoms with Crippen molar-refractivity contribution in [3.63, 3.8) is 0 Å². The summed E-state index contributed by atoms with van der Waals surface area (Å²) in [7, 11) is 1.30. The van der Waals surface area contributed by atoms with E-state index in [1.54, 1.807) is 13.8 Å². The zero-order chi connectivity index (χ0) is 25.8. The number of allylic oxidation sites excluding steroid dienone is 1. The molecule has 1 fully saturated rings. The van der Waals surface area contributed by atoms with Crippen molar-refractivity contribution in [2.45, 2.75) is 85.0 Å². The number of hydrogen-bond donors (Lipinski definition) is 3. The maximum absolute atomic E-state index is 12.9. The van der Waals surface area contributed by atoms with Gasteiger partial charge < -0.3 is 20.1 Å². The molecule has 1 rings (SSSR count). The van der Waals surface area contributed by atoms with Gasteiger partial charge in [-0.05, 0) is 46.0 Å². The number of nitrogens with one attached hydrogen (secondary N) is 3. The van der Waals surface area contributed by atoms with Gasteiger partial charge in [-0.1, -0.05) is 32.9 Å². The normalized spacial score (nSPS) is 19.1. The molecule has 3 N–H and O–H groups in total. The molecular formula is C24H42N4O6. The fourth-order valence-corrected chi connectivity index (χ4v) is 3.41. The third-order valence-corrected chi connectivity index (χ3v) is 5.54. The van der Waals surface area contributed by atoms with E-state index in [-0.39, 0.29) is 29.8 Å². The van der Waals surface area contributed by atoms with E-state index in [2.05, 4.69) is 16.1 Å². The number of amides is 3. The number of hydrogen-bond acceptors (Lipinski definition) is 7. The Labute approximate surface area is 203 Å². The van der Waals surface area contributed by atoms with Gasteiger partial charge in [-0.25, -0.2) is 5.43 Å². The molecular weight excluding hydrogens is 440 g/mol. The van der Waals surface area contributed by atoms with Crippen LogP contribution >= 0.6 is 0 Å². The Morgan fingerprint density at radius 2 is 1.71 bits per heavy atom. The Morgan fingerprint density at radius 3 is 2.29 bits per heavy atom. The minimum Gasteiger partial charge on any atom is -0.468 e. The molecule has 1 aliphatic heterocycles. The highest BCUT2D eigenvalue weighted by molar-refractivity contribution is 5.92. The second-order valence-corrected chi connectivity index (χ2v) is 9.29. The molecule has 0 aromatic carbocycles. The molecule has 194 valence electrons. The number of esters is 1. The summed E-state index contributed by atoms with van der Waals surface area (Å²) >= 11 is 0. The summed E-state index contributed by atoms with van der Waals surface area (Å²) in [6.45, 7) is 11.9. The van der Waals surface area contributed by atoms with Crippen LogP contribution in [0.3, 0.4) is 0 Å². The number of nitrogens with zero attached hydrogens (tertiary/aromatic N) is 1. The van der Waals surface area contributed by atoms with Gasteiger partial charge in [0.25, 0.3) is 5.91 Å². The van der Waals surface area contributed by atoms with E-state index in [1.807, 2.05) is 39.8 Å². The quantitative estimate of drug-likeness (QED) is 0.283. The highest BCUT2D eigenvalue weighted by Gasteiger charge is 2.33. The molecule has 1 saturated heterocycles. The zero-order valence-corrected chi connectivity index (χ0v) is 21.6. The first-order chi connectivity index (χ1) is 16.0. The maximum Gasteiger partial charge on any atom is 0.324 e. The zero-order valence-electron chi connectivity index (χ0n) is 21.6. The van der Waals surface area contributed by atoms with E-state index >= 15 is 0 Å². The van der Waals surface area contributed by atoms with Crippen molar-refractivity contribution in [2.24, 2.45) is 11.8 Å². The molecule has 0 radical (unpaired) electrons. The lowest BCUT2D eigenvalue weighted by Gasteiger charge is -2.34. The molecule has 0 bridgehead atoms. The van der Waals surface area contributed by atoms with Gasteiger partial charge in [0.1, 0.15) is 18.1 Å². The first-order valence-corrected chi connectivity index (χ1v) is 12.0. The predicted octanol–water partition coefficient (Wildman–Crippen LogP) is 1.31. The van der Waals surface area contributed by atoms with Gasteiger partial charge in [-0.15, -0.1) is 0 Å². The maximum atomic E-state index is 12.9. The van der Waals surface area contributed by atoms with Crippen molar-refractivity contribution in [1.29, 1.82) is 0 Å². The molecule has 10 heteroatoms. The molecule has 0 unspecified atom stereocenters. The number of hydrazine groups is 1. The summed E-state index contributed by atoms with van der Waals surface area (Å²) in [6.07, 6.45) is 5.64. The Balaban J connectivity index is 2.63. The standard InChI is InChI=1S/C24H42N4O6/c1-15(2)20(26-21(29)17(5)11-8-9-14-34-16(3)4)22(30)25-18(6)23(31)28-13-10-12-19(27-28)24(32)33-7/h8-9,15-20,27H,10-14H2,1-7H3,(H,25,30)(H,26,29)/b9-8+/t17-,18+,19+,20+/m1/s1. The molecule has 1 aliphatic rings. The molecule has 34 heavy (non-hydrogen) atoms.